The third-order valence-electron chi connectivity index (χ3n) is 2.46. The average Bonchev–Trinajstić information content (AvgIpc) is 2.23. The Balaban J connectivity index is 2.68. The molecule has 1 aromatic rings. The van der Waals surface area contributed by atoms with Crippen molar-refractivity contribution >= 4 is 11.4 Å². The van der Waals surface area contributed by atoms with Crippen LogP contribution in [0.15, 0.2) is 18.2 Å². The molecule has 4 N–H and O–H groups in total. The van der Waals surface area contributed by atoms with Crippen LogP contribution >= 0.6 is 0 Å². The molecule has 0 saturated carbocycles. The van der Waals surface area contributed by atoms with Crippen molar-refractivity contribution in [1.82, 2.24) is 0 Å². The Kier molecular flexibility index (Phi) is 5.08. The summed E-state index contributed by atoms with van der Waals surface area (Å²) >= 11 is 0. The molecule has 4 heteroatoms. The van der Waals surface area contributed by atoms with Crippen molar-refractivity contribution in [2.45, 2.75) is 19.4 Å². The largest absolute Gasteiger partial charge is 0.399 e. The van der Waals surface area contributed by atoms with Crippen molar-refractivity contribution in [3.8, 4) is 0 Å². The highest BCUT2D eigenvalue weighted by atomic mass is 16.5. The van der Waals surface area contributed by atoms with E-state index in [1.54, 1.807) is 7.11 Å². The number of nitrogen functional groups attached to an aromatic ring is 1. The molecule has 0 heterocycles. The van der Waals surface area contributed by atoms with Crippen LogP contribution in [0.25, 0.3) is 0 Å². The molecule has 1 rings (SSSR count). The lowest BCUT2D eigenvalue weighted by Crippen LogP contribution is -2.26. The van der Waals surface area contributed by atoms with Crippen LogP contribution < -0.4 is 11.1 Å². The van der Waals surface area contributed by atoms with E-state index in [2.05, 4.69) is 5.32 Å². The Morgan fingerprint density at radius 1 is 1.50 bits per heavy atom. The van der Waals surface area contributed by atoms with Gasteiger partial charge in [0.05, 0.1) is 12.6 Å². The molecule has 0 saturated heterocycles. The van der Waals surface area contributed by atoms with Gasteiger partial charge in [0.1, 0.15) is 0 Å². The average molecular weight is 224 g/mol. The van der Waals surface area contributed by atoms with Crippen LogP contribution in [0.3, 0.4) is 0 Å². The molecule has 1 atom stereocenters. The van der Waals surface area contributed by atoms with Gasteiger partial charge in [-0.1, -0.05) is 0 Å². The fourth-order valence-electron chi connectivity index (χ4n) is 1.62. The molecule has 1 unspecified atom stereocenters. The van der Waals surface area contributed by atoms with Crippen LogP contribution in [0.1, 0.15) is 12.0 Å². The number of anilines is 2. The zero-order valence-electron chi connectivity index (χ0n) is 9.86. The summed E-state index contributed by atoms with van der Waals surface area (Å²) in [7, 11) is 1.65. The second kappa shape index (κ2) is 6.35. The van der Waals surface area contributed by atoms with E-state index in [9.17, 15) is 0 Å². The van der Waals surface area contributed by atoms with E-state index in [1.165, 1.54) is 0 Å². The van der Waals surface area contributed by atoms with Crippen molar-refractivity contribution in [2.75, 3.05) is 31.4 Å². The molecule has 4 nitrogen and oxygen atoms in total. The fourth-order valence-corrected chi connectivity index (χ4v) is 1.62. The monoisotopic (exact) mass is 224 g/mol. The maximum Gasteiger partial charge on any atom is 0.0664 e. The molecule has 0 aliphatic heterocycles. The molecule has 0 aromatic heterocycles. The zero-order chi connectivity index (χ0) is 12.0. The molecule has 0 aliphatic carbocycles. The number of aliphatic hydroxyl groups is 1. The smallest absolute Gasteiger partial charge is 0.0664 e. The van der Waals surface area contributed by atoms with E-state index in [0.717, 1.165) is 16.9 Å². The van der Waals surface area contributed by atoms with E-state index in [1.807, 2.05) is 25.1 Å². The second-order valence-electron chi connectivity index (χ2n) is 3.88. The van der Waals surface area contributed by atoms with Gasteiger partial charge in [0.15, 0.2) is 0 Å². The third kappa shape index (κ3) is 3.72. The first kappa shape index (κ1) is 12.8. The molecule has 0 aliphatic rings. The second-order valence-corrected chi connectivity index (χ2v) is 3.88. The van der Waals surface area contributed by atoms with Gasteiger partial charge in [-0.2, -0.15) is 0 Å². The fraction of sp³-hybridized carbons (Fsp3) is 0.500. The first-order valence-electron chi connectivity index (χ1n) is 5.40. The summed E-state index contributed by atoms with van der Waals surface area (Å²) < 4.78 is 5.09. The summed E-state index contributed by atoms with van der Waals surface area (Å²) in [6, 6.07) is 5.85. The minimum Gasteiger partial charge on any atom is -0.399 e. The Morgan fingerprint density at radius 2 is 2.25 bits per heavy atom. The summed E-state index contributed by atoms with van der Waals surface area (Å²) in [6.07, 6.45) is 0.664. The lowest BCUT2D eigenvalue weighted by atomic mass is 10.1. The number of ether oxygens (including phenoxy) is 1. The lowest BCUT2D eigenvalue weighted by Gasteiger charge is -2.19. The van der Waals surface area contributed by atoms with Gasteiger partial charge in [0.2, 0.25) is 0 Å². The minimum atomic E-state index is 0.123. The van der Waals surface area contributed by atoms with Crippen LogP contribution in [0.2, 0.25) is 0 Å². The molecule has 0 spiro atoms. The Labute approximate surface area is 96.4 Å². The predicted octanol–water partition coefficient (Wildman–Crippen LogP) is 1.39. The molecule has 0 radical (unpaired) electrons. The van der Waals surface area contributed by atoms with E-state index in [0.29, 0.717) is 13.0 Å². The van der Waals surface area contributed by atoms with Gasteiger partial charge in [0, 0.05) is 25.1 Å². The molecule has 16 heavy (non-hydrogen) atoms. The first-order valence-corrected chi connectivity index (χ1v) is 5.40. The normalized spacial score (nSPS) is 12.4. The van der Waals surface area contributed by atoms with Crippen LogP contribution in [0.4, 0.5) is 11.4 Å². The van der Waals surface area contributed by atoms with Crippen molar-refractivity contribution in [3.05, 3.63) is 23.8 Å². The summed E-state index contributed by atoms with van der Waals surface area (Å²) in [4.78, 5) is 0. The van der Waals surface area contributed by atoms with E-state index in [-0.39, 0.29) is 12.6 Å². The van der Waals surface area contributed by atoms with E-state index in [4.69, 9.17) is 15.6 Å². The highest BCUT2D eigenvalue weighted by Crippen LogP contribution is 2.19. The Bertz CT molecular complexity index is 323. The molecule has 1 aromatic carbocycles. The van der Waals surface area contributed by atoms with Gasteiger partial charge in [-0.05, 0) is 37.1 Å². The molecular weight excluding hydrogens is 204 g/mol. The molecule has 0 fully saturated rings. The summed E-state index contributed by atoms with van der Waals surface area (Å²) in [5.74, 6) is 0. The number of aryl methyl sites for hydroxylation is 1. The number of hydrogen-bond acceptors (Lipinski definition) is 4. The summed E-state index contributed by atoms with van der Waals surface area (Å²) in [5.41, 5.74) is 8.57. The van der Waals surface area contributed by atoms with Crippen LogP contribution in [0.5, 0.6) is 0 Å². The molecule has 0 bridgehead atoms. The topological polar surface area (TPSA) is 67.5 Å². The maximum absolute atomic E-state index is 8.94. The highest BCUT2D eigenvalue weighted by Gasteiger charge is 2.08. The molecule has 0 amide bonds. The number of aliphatic hydroxyl groups excluding tert-OH is 1. The van der Waals surface area contributed by atoms with Crippen molar-refractivity contribution < 1.29 is 9.84 Å². The Morgan fingerprint density at radius 3 is 2.81 bits per heavy atom. The van der Waals surface area contributed by atoms with Crippen molar-refractivity contribution in [3.63, 3.8) is 0 Å². The zero-order valence-corrected chi connectivity index (χ0v) is 9.86. The number of methoxy groups -OCH3 is 1. The van der Waals surface area contributed by atoms with E-state index >= 15 is 0 Å². The van der Waals surface area contributed by atoms with Crippen LogP contribution in [0, 0.1) is 6.92 Å². The van der Waals surface area contributed by atoms with Gasteiger partial charge in [0.25, 0.3) is 0 Å². The molecule has 90 valence electrons. The third-order valence-corrected chi connectivity index (χ3v) is 2.46. The van der Waals surface area contributed by atoms with Crippen molar-refractivity contribution in [2.24, 2.45) is 0 Å². The van der Waals surface area contributed by atoms with Crippen LogP contribution in [-0.4, -0.2) is 31.5 Å². The number of benzene rings is 1. The van der Waals surface area contributed by atoms with E-state index < -0.39 is 0 Å². The standard InChI is InChI=1S/C12H20N2O2/c1-9-7-10(13)3-4-12(9)14-11(5-6-15)8-16-2/h3-4,7,11,14-15H,5-6,8,13H2,1-2H3. The maximum atomic E-state index is 8.94. The van der Waals surface area contributed by atoms with Gasteiger partial charge < -0.3 is 20.9 Å². The lowest BCUT2D eigenvalue weighted by molar-refractivity contribution is 0.170. The van der Waals surface area contributed by atoms with Gasteiger partial charge >= 0.3 is 0 Å². The number of rotatable bonds is 6. The summed E-state index contributed by atoms with van der Waals surface area (Å²) in [5, 5.41) is 12.3. The summed E-state index contributed by atoms with van der Waals surface area (Å²) in [6.45, 7) is 2.72. The first-order chi connectivity index (χ1) is 7.67. The Hall–Kier alpha value is -1.26. The number of nitrogens with one attached hydrogen (secondary N) is 1. The van der Waals surface area contributed by atoms with Gasteiger partial charge in [-0.3, -0.25) is 0 Å². The predicted molar refractivity (Wildman–Crippen MR) is 66.6 cm³/mol. The minimum absolute atomic E-state index is 0.123. The number of nitrogens with two attached hydrogens (primary N) is 1. The highest BCUT2D eigenvalue weighted by molar-refractivity contribution is 5.57. The van der Waals surface area contributed by atoms with Crippen LogP contribution in [-0.2, 0) is 4.74 Å². The molecular formula is C12H20N2O2. The van der Waals surface area contributed by atoms with Gasteiger partial charge in [-0.25, -0.2) is 0 Å². The van der Waals surface area contributed by atoms with Crippen molar-refractivity contribution in [1.29, 1.82) is 0 Å². The quantitative estimate of drug-likeness (QED) is 0.639. The SMILES string of the molecule is COCC(CCO)Nc1ccc(N)cc1C. The number of hydrogen-bond donors (Lipinski definition) is 3. The van der Waals surface area contributed by atoms with Gasteiger partial charge in [-0.15, -0.1) is 0 Å².